The second-order valence-corrected chi connectivity index (χ2v) is 6.06. The summed E-state index contributed by atoms with van der Waals surface area (Å²) in [6, 6.07) is 12.0. The maximum absolute atomic E-state index is 12.9. The highest BCUT2D eigenvalue weighted by atomic mass is 35.5. The molecule has 112 valence electrons. The molecule has 0 saturated carbocycles. The molecule has 0 spiro atoms. The van der Waals surface area contributed by atoms with Gasteiger partial charge in [-0.15, -0.1) is 0 Å². The number of benzene rings is 2. The third-order valence-corrected chi connectivity index (χ3v) is 4.26. The molecule has 1 aliphatic rings. The van der Waals surface area contributed by atoms with Crippen LogP contribution in [0.4, 0.5) is 20.6 Å². The number of amides is 2. The fourth-order valence-corrected chi connectivity index (χ4v) is 3.05. The summed E-state index contributed by atoms with van der Waals surface area (Å²) >= 11 is 6.68. The van der Waals surface area contributed by atoms with E-state index in [2.05, 4.69) is 5.32 Å². The summed E-state index contributed by atoms with van der Waals surface area (Å²) in [6.45, 7) is 0. The minimum Gasteiger partial charge on any atom is -0.365 e. The number of hydrogen-bond donors (Lipinski definition) is 1. The van der Waals surface area contributed by atoms with Crippen molar-refractivity contribution >= 4 is 45.9 Å². The van der Waals surface area contributed by atoms with Crippen molar-refractivity contribution in [1.29, 1.82) is 0 Å². The van der Waals surface area contributed by atoms with Crippen molar-refractivity contribution in [3.63, 3.8) is 0 Å². The number of thioether (sulfide) groups is 1. The van der Waals surface area contributed by atoms with Crippen molar-refractivity contribution < 1.29 is 14.0 Å². The normalized spacial score (nSPS) is 17.9. The van der Waals surface area contributed by atoms with Crippen LogP contribution in [0.1, 0.15) is 0 Å². The molecule has 1 heterocycles. The number of halogens is 2. The Morgan fingerprint density at radius 3 is 2.32 bits per heavy atom. The van der Waals surface area contributed by atoms with E-state index in [0.29, 0.717) is 16.4 Å². The summed E-state index contributed by atoms with van der Waals surface area (Å²) < 4.78 is 12.9. The van der Waals surface area contributed by atoms with E-state index < -0.39 is 22.3 Å². The molecule has 1 N–H and O–H groups in total. The SMILES string of the molecule is O=C1S[C@H](Nc2ccc(Cl)cc2)C(=O)N1c1ccc(F)cc1. The van der Waals surface area contributed by atoms with Gasteiger partial charge in [-0.2, -0.15) is 0 Å². The Morgan fingerprint density at radius 2 is 1.68 bits per heavy atom. The van der Waals surface area contributed by atoms with Gasteiger partial charge in [0.2, 0.25) is 0 Å². The molecule has 1 atom stereocenters. The van der Waals surface area contributed by atoms with Gasteiger partial charge in [0, 0.05) is 10.7 Å². The minimum atomic E-state index is -0.723. The molecule has 7 heteroatoms. The molecule has 2 aromatic carbocycles. The summed E-state index contributed by atoms with van der Waals surface area (Å²) in [5.74, 6) is -0.817. The highest BCUT2D eigenvalue weighted by molar-refractivity contribution is 8.16. The van der Waals surface area contributed by atoms with Crippen molar-refractivity contribution in [2.24, 2.45) is 0 Å². The monoisotopic (exact) mass is 336 g/mol. The Labute approximate surface area is 135 Å². The molecule has 4 nitrogen and oxygen atoms in total. The first-order valence-corrected chi connectivity index (χ1v) is 7.62. The lowest BCUT2D eigenvalue weighted by Gasteiger charge is -2.14. The average molecular weight is 337 g/mol. The number of carbonyl (C=O) groups excluding carboxylic acids is 2. The molecule has 1 aliphatic heterocycles. The Hall–Kier alpha value is -2.05. The lowest BCUT2D eigenvalue weighted by Crippen LogP contribution is -2.34. The van der Waals surface area contributed by atoms with E-state index in [1.54, 1.807) is 24.3 Å². The van der Waals surface area contributed by atoms with Crippen LogP contribution >= 0.6 is 23.4 Å². The van der Waals surface area contributed by atoms with E-state index in [9.17, 15) is 14.0 Å². The van der Waals surface area contributed by atoms with E-state index in [-0.39, 0.29) is 0 Å². The van der Waals surface area contributed by atoms with Crippen molar-refractivity contribution in [2.75, 3.05) is 10.2 Å². The lowest BCUT2D eigenvalue weighted by atomic mass is 10.3. The van der Waals surface area contributed by atoms with Crippen LogP contribution in [0.25, 0.3) is 0 Å². The zero-order valence-electron chi connectivity index (χ0n) is 11.1. The Balaban J connectivity index is 1.79. The molecule has 0 aromatic heterocycles. The maximum Gasteiger partial charge on any atom is 0.295 e. The summed E-state index contributed by atoms with van der Waals surface area (Å²) in [4.78, 5) is 25.5. The standard InChI is InChI=1S/C15H10ClFN2O2S/c16-9-1-5-11(6-2-9)18-13-14(20)19(15(21)22-13)12-7-3-10(17)4-8-12/h1-8,13,18H/t13-/m0/s1. The second-order valence-electron chi connectivity index (χ2n) is 4.57. The Morgan fingerprint density at radius 1 is 1.05 bits per heavy atom. The average Bonchev–Trinajstić information content (AvgIpc) is 2.77. The smallest absolute Gasteiger partial charge is 0.295 e. The van der Waals surface area contributed by atoms with Gasteiger partial charge in [-0.1, -0.05) is 11.6 Å². The first-order chi connectivity index (χ1) is 10.5. The molecule has 1 fully saturated rings. The van der Waals surface area contributed by atoms with Crippen LogP contribution in [0.2, 0.25) is 5.02 Å². The summed E-state index contributed by atoms with van der Waals surface area (Å²) in [7, 11) is 0. The highest BCUT2D eigenvalue weighted by Gasteiger charge is 2.40. The number of imide groups is 1. The van der Waals surface area contributed by atoms with Gasteiger partial charge in [0.15, 0.2) is 5.37 Å². The molecule has 0 bridgehead atoms. The first kappa shape index (κ1) is 14.9. The van der Waals surface area contributed by atoms with Gasteiger partial charge in [0.1, 0.15) is 5.82 Å². The van der Waals surface area contributed by atoms with Crippen LogP contribution in [0.5, 0.6) is 0 Å². The van der Waals surface area contributed by atoms with E-state index in [1.807, 2.05) is 0 Å². The predicted molar refractivity (Wildman–Crippen MR) is 85.7 cm³/mol. The molecule has 0 unspecified atom stereocenters. The molecule has 0 aliphatic carbocycles. The van der Waals surface area contributed by atoms with E-state index in [1.165, 1.54) is 24.3 Å². The number of nitrogens with zero attached hydrogens (tertiary/aromatic N) is 1. The van der Waals surface area contributed by atoms with Crippen LogP contribution in [-0.4, -0.2) is 16.5 Å². The van der Waals surface area contributed by atoms with Gasteiger partial charge in [0.25, 0.3) is 11.1 Å². The number of nitrogens with one attached hydrogen (secondary N) is 1. The van der Waals surface area contributed by atoms with E-state index >= 15 is 0 Å². The van der Waals surface area contributed by atoms with E-state index in [0.717, 1.165) is 16.7 Å². The van der Waals surface area contributed by atoms with Crippen LogP contribution in [0.15, 0.2) is 48.5 Å². The van der Waals surface area contributed by atoms with Crippen LogP contribution < -0.4 is 10.2 Å². The van der Waals surface area contributed by atoms with Crippen molar-refractivity contribution in [3.8, 4) is 0 Å². The minimum absolute atomic E-state index is 0.351. The van der Waals surface area contributed by atoms with Crippen molar-refractivity contribution in [2.45, 2.75) is 5.37 Å². The number of hydrogen-bond acceptors (Lipinski definition) is 4. The number of carbonyl (C=O) groups is 2. The zero-order chi connectivity index (χ0) is 15.7. The molecular weight excluding hydrogens is 327 g/mol. The van der Waals surface area contributed by atoms with Gasteiger partial charge in [-0.3, -0.25) is 9.59 Å². The maximum atomic E-state index is 12.9. The second kappa shape index (κ2) is 5.98. The summed E-state index contributed by atoms with van der Waals surface area (Å²) in [5.41, 5.74) is 1.04. The molecule has 2 amide bonds. The van der Waals surface area contributed by atoms with Crippen LogP contribution in [-0.2, 0) is 4.79 Å². The third-order valence-electron chi connectivity index (χ3n) is 3.07. The lowest BCUT2D eigenvalue weighted by molar-refractivity contribution is -0.116. The van der Waals surface area contributed by atoms with Gasteiger partial charge in [0.05, 0.1) is 5.69 Å². The van der Waals surface area contributed by atoms with Crippen LogP contribution in [0.3, 0.4) is 0 Å². The molecular formula is C15H10ClFN2O2S. The van der Waals surface area contributed by atoms with E-state index in [4.69, 9.17) is 11.6 Å². The fraction of sp³-hybridized carbons (Fsp3) is 0.0667. The highest BCUT2D eigenvalue weighted by Crippen LogP contribution is 2.32. The van der Waals surface area contributed by atoms with Gasteiger partial charge in [-0.25, -0.2) is 9.29 Å². The summed E-state index contributed by atoms with van der Waals surface area (Å²) in [6.07, 6.45) is 0. The topological polar surface area (TPSA) is 49.4 Å². The van der Waals surface area contributed by atoms with Crippen LogP contribution in [0, 0.1) is 5.82 Å². The Bertz CT molecular complexity index is 721. The third kappa shape index (κ3) is 2.93. The zero-order valence-corrected chi connectivity index (χ0v) is 12.7. The molecule has 3 rings (SSSR count). The van der Waals surface area contributed by atoms with Crippen molar-refractivity contribution in [1.82, 2.24) is 0 Å². The molecule has 0 radical (unpaired) electrons. The number of rotatable bonds is 3. The molecule has 22 heavy (non-hydrogen) atoms. The van der Waals surface area contributed by atoms with Gasteiger partial charge in [-0.05, 0) is 60.3 Å². The molecule has 1 saturated heterocycles. The largest absolute Gasteiger partial charge is 0.365 e. The van der Waals surface area contributed by atoms with Gasteiger partial charge < -0.3 is 5.32 Å². The first-order valence-electron chi connectivity index (χ1n) is 6.37. The fourth-order valence-electron chi connectivity index (χ4n) is 2.02. The van der Waals surface area contributed by atoms with Crippen molar-refractivity contribution in [3.05, 3.63) is 59.4 Å². The summed E-state index contributed by atoms with van der Waals surface area (Å²) in [5, 5.41) is 2.44. The predicted octanol–water partition coefficient (Wildman–Crippen LogP) is 4.12. The van der Waals surface area contributed by atoms with Gasteiger partial charge >= 0.3 is 0 Å². The quantitative estimate of drug-likeness (QED) is 0.916. The Kier molecular flexibility index (Phi) is 4.04. The number of anilines is 2. The molecule has 2 aromatic rings.